The van der Waals surface area contributed by atoms with E-state index < -0.39 is 18.2 Å². The summed E-state index contributed by atoms with van der Waals surface area (Å²) in [6.45, 7) is 3.34. The van der Waals surface area contributed by atoms with E-state index in [2.05, 4.69) is 0 Å². The first-order valence-electron chi connectivity index (χ1n) is 5.32. The van der Waals surface area contributed by atoms with Crippen molar-refractivity contribution >= 4 is 17.6 Å². The van der Waals surface area contributed by atoms with Gasteiger partial charge in [0.25, 0.3) is 0 Å². The normalized spacial score (nSPS) is 14.1. The van der Waals surface area contributed by atoms with Crippen LogP contribution in [0.2, 0.25) is 5.02 Å². The van der Waals surface area contributed by atoms with Gasteiger partial charge in [0.05, 0.1) is 11.1 Å². The molecule has 4 nitrogen and oxygen atoms in total. The fourth-order valence-electron chi connectivity index (χ4n) is 1.33. The van der Waals surface area contributed by atoms with Crippen LogP contribution in [0.3, 0.4) is 0 Å². The van der Waals surface area contributed by atoms with Crippen molar-refractivity contribution in [2.24, 2.45) is 0 Å². The number of carboxylic acid groups (broad SMARTS) is 1. The van der Waals surface area contributed by atoms with Gasteiger partial charge in [-0.3, -0.25) is 0 Å². The van der Waals surface area contributed by atoms with Crippen LogP contribution in [0.1, 0.15) is 31.9 Å². The summed E-state index contributed by atoms with van der Waals surface area (Å²) in [5, 5.41) is 18.5. The number of carboxylic acids is 1. The molecule has 1 unspecified atom stereocenters. The Bertz CT molecular complexity index is 403. The van der Waals surface area contributed by atoms with Crippen molar-refractivity contribution in [3.8, 4) is 5.75 Å². The molecule has 2 N–H and O–H groups in total. The Morgan fingerprint density at radius 2 is 2.18 bits per heavy atom. The SMILES string of the molecule is CCC(Oc1ccc([C@@H](C)O)cc1Cl)C(=O)O. The third-order valence-electron chi connectivity index (χ3n) is 2.35. The van der Waals surface area contributed by atoms with Crippen LogP contribution in [0.25, 0.3) is 0 Å². The predicted molar refractivity (Wildman–Crippen MR) is 64.4 cm³/mol. The van der Waals surface area contributed by atoms with Gasteiger partial charge in [0.2, 0.25) is 0 Å². The Labute approximate surface area is 105 Å². The van der Waals surface area contributed by atoms with Crippen molar-refractivity contribution in [1.29, 1.82) is 0 Å². The van der Waals surface area contributed by atoms with E-state index >= 15 is 0 Å². The molecule has 0 saturated carbocycles. The van der Waals surface area contributed by atoms with Crippen molar-refractivity contribution < 1.29 is 19.7 Å². The lowest BCUT2D eigenvalue weighted by molar-refractivity contribution is -0.145. The molecule has 2 atom stereocenters. The molecule has 0 amide bonds. The quantitative estimate of drug-likeness (QED) is 0.852. The molecule has 17 heavy (non-hydrogen) atoms. The van der Waals surface area contributed by atoms with Crippen LogP contribution >= 0.6 is 11.6 Å². The number of hydrogen-bond donors (Lipinski definition) is 2. The van der Waals surface area contributed by atoms with Crippen LogP contribution in [0, 0.1) is 0 Å². The van der Waals surface area contributed by atoms with Crippen LogP contribution < -0.4 is 4.74 Å². The highest BCUT2D eigenvalue weighted by atomic mass is 35.5. The average molecular weight is 259 g/mol. The van der Waals surface area contributed by atoms with E-state index in [9.17, 15) is 9.90 Å². The van der Waals surface area contributed by atoms with E-state index in [0.717, 1.165) is 0 Å². The van der Waals surface area contributed by atoms with Crippen molar-refractivity contribution in [2.45, 2.75) is 32.5 Å². The largest absolute Gasteiger partial charge is 0.479 e. The number of hydrogen-bond acceptors (Lipinski definition) is 3. The molecule has 1 aromatic rings. The van der Waals surface area contributed by atoms with Crippen molar-refractivity contribution in [3.05, 3.63) is 28.8 Å². The molecule has 0 bridgehead atoms. The first kappa shape index (κ1) is 13.8. The molecule has 0 heterocycles. The summed E-state index contributed by atoms with van der Waals surface area (Å²) in [5.74, 6) is -0.714. The Hall–Kier alpha value is -1.26. The summed E-state index contributed by atoms with van der Waals surface area (Å²) in [5.41, 5.74) is 0.658. The number of halogens is 1. The minimum Gasteiger partial charge on any atom is -0.479 e. The zero-order chi connectivity index (χ0) is 13.0. The monoisotopic (exact) mass is 258 g/mol. The highest BCUT2D eigenvalue weighted by molar-refractivity contribution is 6.32. The molecule has 1 aromatic carbocycles. The molecule has 0 fully saturated rings. The lowest BCUT2D eigenvalue weighted by Gasteiger charge is -2.15. The van der Waals surface area contributed by atoms with Crippen LogP contribution in [-0.4, -0.2) is 22.3 Å². The van der Waals surface area contributed by atoms with Gasteiger partial charge in [-0.2, -0.15) is 0 Å². The summed E-state index contributed by atoms with van der Waals surface area (Å²) >= 11 is 5.95. The first-order chi connectivity index (χ1) is 7.95. The maximum atomic E-state index is 10.8. The van der Waals surface area contributed by atoms with E-state index in [-0.39, 0.29) is 0 Å². The lowest BCUT2D eigenvalue weighted by Crippen LogP contribution is -2.26. The van der Waals surface area contributed by atoms with Gasteiger partial charge in [0.1, 0.15) is 5.75 Å². The van der Waals surface area contributed by atoms with Gasteiger partial charge < -0.3 is 14.9 Å². The number of ether oxygens (including phenoxy) is 1. The summed E-state index contributed by atoms with van der Waals surface area (Å²) < 4.78 is 5.28. The van der Waals surface area contributed by atoms with Crippen molar-refractivity contribution in [1.82, 2.24) is 0 Å². The standard InChI is InChI=1S/C12H15ClO4/c1-3-10(12(15)16)17-11-5-4-8(7(2)14)6-9(11)13/h4-7,10,14H,3H2,1-2H3,(H,15,16)/t7-,10?/m1/s1. The highest BCUT2D eigenvalue weighted by Gasteiger charge is 2.18. The van der Waals surface area contributed by atoms with E-state index in [1.807, 2.05) is 0 Å². The second-order valence-electron chi connectivity index (χ2n) is 3.72. The van der Waals surface area contributed by atoms with Crippen molar-refractivity contribution in [2.75, 3.05) is 0 Å². The number of rotatable bonds is 5. The smallest absolute Gasteiger partial charge is 0.344 e. The molecule has 0 aromatic heterocycles. The summed E-state index contributed by atoms with van der Waals surface area (Å²) in [4.78, 5) is 10.8. The second kappa shape index (κ2) is 5.89. The number of aliphatic hydroxyl groups excluding tert-OH is 1. The van der Waals surface area contributed by atoms with E-state index in [1.165, 1.54) is 0 Å². The van der Waals surface area contributed by atoms with Crippen LogP contribution in [0.5, 0.6) is 5.75 Å². The zero-order valence-corrected chi connectivity index (χ0v) is 10.4. The van der Waals surface area contributed by atoms with Gasteiger partial charge in [-0.1, -0.05) is 24.6 Å². The second-order valence-corrected chi connectivity index (χ2v) is 4.13. The third kappa shape index (κ3) is 3.61. The molecular weight excluding hydrogens is 244 g/mol. The minimum atomic E-state index is -1.02. The zero-order valence-electron chi connectivity index (χ0n) is 9.68. The van der Waals surface area contributed by atoms with E-state index in [4.69, 9.17) is 21.4 Å². The first-order valence-corrected chi connectivity index (χ1v) is 5.70. The fourth-order valence-corrected chi connectivity index (χ4v) is 1.57. The van der Waals surface area contributed by atoms with E-state index in [1.54, 1.807) is 32.0 Å². The lowest BCUT2D eigenvalue weighted by atomic mass is 10.1. The maximum absolute atomic E-state index is 10.8. The van der Waals surface area contributed by atoms with Gasteiger partial charge in [-0.05, 0) is 31.0 Å². The highest BCUT2D eigenvalue weighted by Crippen LogP contribution is 2.29. The number of aliphatic hydroxyl groups is 1. The molecule has 5 heteroatoms. The summed E-state index contributed by atoms with van der Waals surface area (Å²) in [7, 11) is 0. The molecule has 0 radical (unpaired) electrons. The molecule has 1 rings (SSSR count). The molecule has 0 spiro atoms. The summed E-state index contributed by atoms with van der Waals surface area (Å²) in [6, 6.07) is 4.78. The van der Waals surface area contributed by atoms with Crippen molar-refractivity contribution in [3.63, 3.8) is 0 Å². The predicted octanol–water partition coefficient (Wildman–Crippen LogP) is 2.64. The van der Waals surface area contributed by atoms with Gasteiger partial charge in [0.15, 0.2) is 6.10 Å². The molecule has 0 aliphatic heterocycles. The van der Waals surface area contributed by atoms with Gasteiger partial charge in [-0.15, -0.1) is 0 Å². The maximum Gasteiger partial charge on any atom is 0.344 e. The summed E-state index contributed by atoms with van der Waals surface area (Å²) in [6.07, 6.45) is -1.18. The fraction of sp³-hybridized carbons (Fsp3) is 0.417. The molecule has 0 saturated heterocycles. The average Bonchev–Trinajstić information content (AvgIpc) is 2.26. The topological polar surface area (TPSA) is 66.8 Å². The van der Waals surface area contributed by atoms with Crippen LogP contribution in [-0.2, 0) is 4.79 Å². The number of carbonyl (C=O) groups is 1. The Balaban J connectivity index is 2.89. The third-order valence-corrected chi connectivity index (χ3v) is 2.65. The number of aliphatic carboxylic acids is 1. The Morgan fingerprint density at radius 3 is 2.59 bits per heavy atom. The van der Waals surface area contributed by atoms with Gasteiger partial charge >= 0.3 is 5.97 Å². The van der Waals surface area contributed by atoms with Crippen LogP contribution in [0.4, 0.5) is 0 Å². The van der Waals surface area contributed by atoms with Gasteiger partial charge in [-0.25, -0.2) is 4.79 Å². The Kier molecular flexibility index (Phi) is 4.78. The van der Waals surface area contributed by atoms with Crippen LogP contribution in [0.15, 0.2) is 18.2 Å². The molecule has 94 valence electrons. The molecule has 0 aliphatic rings. The van der Waals surface area contributed by atoms with E-state index in [0.29, 0.717) is 22.8 Å². The van der Waals surface area contributed by atoms with Gasteiger partial charge in [0, 0.05) is 0 Å². The number of benzene rings is 1. The Morgan fingerprint density at radius 1 is 1.53 bits per heavy atom. The molecular formula is C12H15ClO4. The minimum absolute atomic E-state index is 0.295. The molecule has 0 aliphatic carbocycles.